The first-order valence-electron chi connectivity index (χ1n) is 10.2. The highest BCUT2D eigenvalue weighted by molar-refractivity contribution is 7.80. The molecule has 2 N–H and O–H groups in total. The van der Waals surface area contributed by atoms with Crippen LogP contribution in [-0.2, 0) is 16.1 Å². The zero-order valence-electron chi connectivity index (χ0n) is 17.5. The van der Waals surface area contributed by atoms with Gasteiger partial charge in [0.1, 0.15) is 12.6 Å². The van der Waals surface area contributed by atoms with Crippen molar-refractivity contribution < 1.29 is 9.53 Å². The number of amides is 1. The molecule has 0 radical (unpaired) electrons. The predicted molar refractivity (Wildman–Crippen MR) is 125 cm³/mol. The molecule has 0 saturated carbocycles. The number of carbonyl (C=O) groups excluding carboxylic acids is 1. The second-order valence-electron chi connectivity index (χ2n) is 7.24. The highest BCUT2D eigenvalue weighted by atomic mass is 32.1. The first-order chi connectivity index (χ1) is 15.1. The third-order valence-electron chi connectivity index (χ3n) is 5.31. The van der Waals surface area contributed by atoms with E-state index in [-0.39, 0.29) is 24.6 Å². The van der Waals surface area contributed by atoms with Gasteiger partial charge in [-0.25, -0.2) is 0 Å². The van der Waals surface area contributed by atoms with Crippen molar-refractivity contribution in [3.05, 3.63) is 78.4 Å². The Kier molecular flexibility index (Phi) is 6.29. The van der Waals surface area contributed by atoms with Gasteiger partial charge in [-0.05, 0) is 67.7 Å². The Hall–Kier alpha value is -3.23. The van der Waals surface area contributed by atoms with E-state index >= 15 is 0 Å². The Morgan fingerprint density at radius 1 is 1.19 bits per heavy atom. The fourth-order valence-electron chi connectivity index (χ4n) is 3.95. The van der Waals surface area contributed by atoms with Gasteiger partial charge >= 0.3 is 0 Å². The van der Waals surface area contributed by atoms with Crippen molar-refractivity contribution in [2.75, 3.05) is 23.9 Å². The van der Waals surface area contributed by atoms with Gasteiger partial charge in [0.05, 0.1) is 11.7 Å². The summed E-state index contributed by atoms with van der Waals surface area (Å²) in [4.78, 5) is 18.5. The quantitative estimate of drug-likeness (QED) is 0.552. The summed E-state index contributed by atoms with van der Waals surface area (Å²) < 4.78 is 7.10. The van der Waals surface area contributed by atoms with Gasteiger partial charge in [0.25, 0.3) is 0 Å². The van der Waals surface area contributed by atoms with Gasteiger partial charge in [0.15, 0.2) is 5.11 Å². The summed E-state index contributed by atoms with van der Waals surface area (Å²) in [6.07, 6.45) is 3.88. The second-order valence-corrected chi connectivity index (χ2v) is 7.63. The third-order valence-corrected chi connectivity index (χ3v) is 5.63. The highest BCUT2D eigenvalue weighted by Crippen LogP contribution is 2.41. The molecule has 4 rings (SSSR count). The van der Waals surface area contributed by atoms with Crippen molar-refractivity contribution in [1.82, 2.24) is 14.9 Å². The van der Waals surface area contributed by atoms with Crippen molar-refractivity contribution in [2.45, 2.75) is 25.6 Å². The number of rotatable bonds is 7. The van der Waals surface area contributed by atoms with Gasteiger partial charge in [-0.3, -0.25) is 9.78 Å². The normalized spacial score (nSPS) is 18.1. The van der Waals surface area contributed by atoms with Gasteiger partial charge in [0.2, 0.25) is 5.91 Å². The molecule has 8 heteroatoms. The minimum Gasteiger partial charge on any atom is -0.375 e. The number of carbonyl (C=O) groups is 1. The number of nitrogens with zero attached hydrogens (tertiary/aromatic N) is 3. The number of nitrogens with one attached hydrogen (secondary N) is 2. The Morgan fingerprint density at radius 3 is 2.68 bits per heavy atom. The minimum absolute atomic E-state index is 0.0176. The summed E-state index contributed by atoms with van der Waals surface area (Å²) in [5.41, 5.74) is 3.74. The molecule has 1 aromatic carbocycles. The lowest BCUT2D eigenvalue weighted by Gasteiger charge is -2.29. The SMILES string of the molecule is CCn1cccc1C1C(c2ccccn2)NC(=S)N1c1ccc(NC(=O)COC)cc1. The number of benzene rings is 1. The van der Waals surface area contributed by atoms with Crippen molar-refractivity contribution in [1.29, 1.82) is 0 Å². The van der Waals surface area contributed by atoms with E-state index in [0.29, 0.717) is 10.8 Å². The van der Waals surface area contributed by atoms with E-state index in [9.17, 15) is 4.79 Å². The summed E-state index contributed by atoms with van der Waals surface area (Å²) in [6.45, 7) is 3.00. The first kappa shape index (κ1) is 21.0. The first-order valence-corrected chi connectivity index (χ1v) is 10.6. The van der Waals surface area contributed by atoms with Crippen molar-refractivity contribution in [3.63, 3.8) is 0 Å². The van der Waals surface area contributed by atoms with Crippen molar-refractivity contribution in [3.8, 4) is 0 Å². The van der Waals surface area contributed by atoms with Crippen LogP contribution < -0.4 is 15.5 Å². The van der Waals surface area contributed by atoms with Crippen LogP contribution in [0, 0.1) is 0 Å². The monoisotopic (exact) mass is 435 g/mol. The van der Waals surface area contributed by atoms with Crippen LogP contribution >= 0.6 is 12.2 Å². The molecule has 0 bridgehead atoms. The number of aromatic nitrogens is 2. The van der Waals surface area contributed by atoms with E-state index in [1.807, 2.05) is 42.5 Å². The molecule has 31 heavy (non-hydrogen) atoms. The summed E-state index contributed by atoms with van der Waals surface area (Å²) >= 11 is 5.76. The van der Waals surface area contributed by atoms with Crippen LogP contribution in [0.2, 0.25) is 0 Å². The van der Waals surface area contributed by atoms with Crippen molar-refractivity contribution >= 4 is 34.6 Å². The zero-order valence-corrected chi connectivity index (χ0v) is 18.3. The summed E-state index contributed by atoms with van der Waals surface area (Å²) in [6, 6.07) is 17.6. The molecule has 1 aliphatic heterocycles. The maximum Gasteiger partial charge on any atom is 0.250 e. The minimum atomic E-state index is -0.192. The van der Waals surface area contributed by atoms with Gasteiger partial charge in [-0.15, -0.1) is 0 Å². The van der Waals surface area contributed by atoms with Crippen LogP contribution in [0.4, 0.5) is 11.4 Å². The molecule has 3 aromatic rings. The van der Waals surface area contributed by atoms with Crippen LogP contribution in [-0.4, -0.2) is 34.3 Å². The van der Waals surface area contributed by atoms with Crippen molar-refractivity contribution in [2.24, 2.45) is 0 Å². The van der Waals surface area contributed by atoms with Crippen LogP contribution in [0.1, 0.15) is 30.4 Å². The predicted octanol–water partition coefficient (Wildman–Crippen LogP) is 3.67. The van der Waals surface area contributed by atoms with Gasteiger partial charge < -0.3 is 24.8 Å². The maximum atomic E-state index is 11.8. The molecular formula is C23H25N5O2S. The second kappa shape index (κ2) is 9.28. The number of pyridine rings is 1. The van der Waals surface area contributed by atoms with E-state index in [1.54, 1.807) is 6.20 Å². The Balaban J connectivity index is 1.69. The van der Waals surface area contributed by atoms with Crippen LogP contribution in [0.25, 0.3) is 0 Å². The largest absolute Gasteiger partial charge is 0.375 e. The van der Waals surface area contributed by atoms with E-state index in [4.69, 9.17) is 17.0 Å². The van der Waals surface area contributed by atoms with Crippen LogP contribution in [0.5, 0.6) is 0 Å². The fourth-order valence-corrected chi connectivity index (χ4v) is 4.30. The molecule has 160 valence electrons. The zero-order chi connectivity index (χ0) is 21.8. The lowest BCUT2D eigenvalue weighted by Crippen LogP contribution is -2.30. The van der Waals surface area contributed by atoms with E-state index < -0.39 is 0 Å². The summed E-state index contributed by atoms with van der Waals surface area (Å²) in [5, 5.41) is 6.93. The molecule has 7 nitrogen and oxygen atoms in total. The molecular weight excluding hydrogens is 410 g/mol. The average molecular weight is 436 g/mol. The summed E-state index contributed by atoms with van der Waals surface area (Å²) in [7, 11) is 1.49. The molecule has 1 amide bonds. The lowest BCUT2D eigenvalue weighted by atomic mass is 10.0. The lowest BCUT2D eigenvalue weighted by molar-refractivity contribution is -0.119. The summed E-state index contributed by atoms with van der Waals surface area (Å²) in [5.74, 6) is -0.192. The topological polar surface area (TPSA) is 71.4 Å². The molecule has 1 aliphatic rings. The third kappa shape index (κ3) is 4.30. The number of aryl methyl sites for hydroxylation is 1. The molecule has 2 atom stereocenters. The number of methoxy groups -OCH3 is 1. The maximum absolute atomic E-state index is 11.8. The van der Waals surface area contributed by atoms with E-state index in [0.717, 1.165) is 23.6 Å². The number of hydrogen-bond acceptors (Lipinski definition) is 4. The smallest absolute Gasteiger partial charge is 0.250 e. The standard InChI is InChI=1S/C23H25N5O2S/c1-3-27-14-6-8-19(27)22-21(18-7-4-5-13-24-18)26-23(31)28(22)17-11-9-16(10-12-17)25-20(29)15-30-2/h4-14,21-22H,3,15H2,1-2H3,(H,25,29)(H,26,31). The number of thiocarbonyl (C=S) groups is 1. The fraction of sp³-hybridized carbons (Fsp3) is 0.261. The van der Waals surface area contributed by atoms with Gasteiger partial charge in [-0.2, -0.15) is 0 Å². The number of ether oxygens (including phenoxy) is 1. The Morgan fingerprint density at radius 2 is 2.00 bits per heavy atom. The molecule has 3 heterocycles. The molecule has 2 unspecified atom stereocenters. The molecule has 1 fully saturated rings. The van der Waals surface area contributed by atoms with E-state index in [1.165, 1.54) is 7.11 Å². The van der Waals surface area contributed by atoms with Gasteiger partial charge in [-0.1, -0.05) is 6.07 Å². The Bertz CT molecular complexity index is 1050. The van der Waals surface area contributed by atoms with Crippen LogP contribution in [0.15, 0.2) is 67.0 Å². The number of anilines is 2. The number of hydrogen-bond donors (Lipinski definition) is 2. The molecule has 2 aromatic heterocycles. The van der Waals surface area contributed by atoms with E-state index in [2.05, 4.69) is 50.3 Å². The highest BCUT2D eigenvalue weighted by Gasteiger charge is 2.41. The Labute approximate surface area is 187 Å². The molecule has 0 spiro atoms. The molecule has 0 aliphatic carbocycles. The molecule has 1 saturated heterocycles. The average Bonchev–Trinajstić information content (AvgIpc) is 3.39. The van der Waals surface area contributed by atoms with Gasteiger partial charge in [0, 0.05) is 43.1 Å². The van der Waals surface area contributed by atoms with Crippen LogP contribution in [0.3, 0.4) is 0 Å².